The molecular weight excluding hydrogens is 175 g/mol. The molecular formula is C13H15F. The van der Waals surface area contributed by atoms with Gasteiger partial charge in [-0.05, 0) is 42.5 Å². The van der Waals surface area contributed by atoms with Gasteiger partial charge < -0.3 is 0 Å². The van der Waals surface area contributed by atoms with Crippen molar-refractivity contribution in [2.75, 3.05) is 0 Å². The molecule has 0 bridgehead atoms. The lowest BCUT2D eigenvalue weighted by Gasteiger charge is -2.15. The predicted octanol–water partition coefficient (Wildman–Crippen LogP) is 3.96. The Labute approximate surface area is 84.5 Å². The van der Waals surface area contributed by atoms with Gasteiger partial charge in [-0.25, -0.2) is 4.39 Å². The molecule has 0 N–H and O–H groups in total. The Hall–Kier alpha value is -1.11. The monoisotopic (exact) mass is 190 g/mol. The maximum absolute atomic E-state index is 12.9. The molecule has 1 heteroatoms. The van der Waals surface area contributed by atoms with Gasteiger partial charge in [0.2, 0.25) is 0 Å². The van der Waals surface area contributed by atoms with Crippen LogP contribution in [0.5, 0.6) is 0 Å². The van der Waals surface area contributed by atoms with Crippen LogP contribution in [-0.2, 0) is 6.42 Å². The molecule has 0 heterocycles. The van der Waals surface area contributed by atoms with Gasteiger partial charge in [-0.1, -0.05) is 31.1 Å². The van der Waals surface area contributed by atoms with Gasteiger partial charge in [-0.3, -0.25) is 0 Å². The highest BCUT2D eigenvalue weighted by atomic mass is 19.1. The number of rotatable bonds is 2. The van der Waals surface area contributed by atoms with E-state index in [1.54, 1.807) is 12.1 Å². The fourth-order valence-electron chi connectivity index (χ4n) is 2.04. The fraction of sp³-hybridized carbons (Fsp3) is 0.385. The summed E-state index contributed by atoms with van der Waals surface area (Å²) in [4.78, 5) is 0. The number of aryl methyl sites for hydroxylation is 1. The van der Waals surface area contributed by atoms with Crippen molar-refractivity contribution in [2.45, 2.75) is 32.6 Å². The Morgan fingerprint density at radius 2 is 2.14 bits per heavy atom. The van der Waals surface area contributed by atoms with E-state index < -0.39 is 0 Å². The summed E-state index contributed by atoms with van der Waals surface area (Å²) >= 11 is 0. The standard InChI is InChI=1S/C13H15F/c1-2-3-10-4-5-12-9-13(14)7-6-11(12)8-10/h6-9H,2-5H2,1H3. The van der Waals surface area contributed by atoms with Gasteiger partial charge in [0.25, 0.3) is 0 Å². The van der Waals surface area contributed by atoms with Crippen LogP contribution in [0, 0.1) is 5.82 Å². The van der Waals surface area contributed by atoms with E-state index in [1.807, 2.05) is 6.07 Å². The summed E-state index contributed by atoms with van der Waals surface area (Å²) in [5.41, 5.74) is 3.87. The molecule has 2 rings (SSSR count). The molecule has 0 fully saturated rings. The van der Waals surface area contributed by atoms with E-state index in [0.717, 1.165) is 18.4 Å². The highest BCUT2D eigenvalue weighted by Gasteiger charge is 2.09. The van der Waals surface area contributed by atoms with Gasteiger partial charge in [-0.15, -0.1) is 0 Å². The summed E-state index contributed by atoms with van der Waals surface area (Å²) in [5.74, 6) is -0.115. The van der Waals surface area contributed by atoms with Gasteiger partial charge >= 0.3 is 0 Å². The van der Waals surface area contributed by atoms with Crippen LogP contribution in [0.3, 0.4) is 0 Å². The van der Waals surface area contributed by atoms with Crippen LogP contribution < -0.4 is 0 Å². The average molecular weight is 190 g/mol. The zero-order valence-corrected chi connectivity index (χ0v) is 8.52. The summed E-state index contributed by atoms with van der Waals surface area (Å²) < 4.78 is 12.9. The first-order chi connectivity index (χ1) is 6.79. The molecule has 0 nitrogen and oxygen atoms in total. The summed E-state index contributed by atoms with van der Waals surface area (Å²) in [7, 11) is 0. The summed E-state index contributed by atoms with van der Waals surface area (Å²) in [6.45, 7) is 2.20. The predicted molar refractivity (Wildman–Crippen MR) is 57.6 cm³/mol. The molecule has 0 saturated carbocycles. The van der Waals surface area contributed by atoms with Crippen LogP contribution in [-0.4, -0.2) is 0 Å². The third-order valence-corrected chi connectivity index (χ3v) is 2.75. The minimum atomic E-state index is -0.115. The van der Waals surface area contributed by atoms with Gasteiger partial charge in [0.15, 0.2) is 0 Å². The average Bonchev–Trinajstić information content (AvgIpc) is 2.19. The largest absolute Gasteiger partial charge is 0.207 e. The Bertz CT molecular complexity index is 363. The van der Waals surface area contributed by atoms with Crippen LogP contribution >= 0.6 is 0 Å². The van der Waals surface area contributed by atoms with Crippen LogP contribution in [0.2, 0.25) is 0 Å². The SMILES string of the molecule is CCCC1=Cc2ccc(F)cc2CC1. The lowest BCUT2D eigenvalue weighted by Crippen LogP contribution is -1.99. The normalized spacial score (nSPS) is 14.9. The third-order valence-electron chi connectivity index (χ3n) is 2.75. The van der Waals surface area contributed by atoms with Crippen LogP contribution in [0.15, 0.2) is 23.8 Å². The van der Waals surface area contributed by atoms with E-state index in [1.165, 1.54) is 24.0 Å². The molecule has 0 spiro atoms. The van der Waals surface area contributed by atoms with Gasteiger partial charge in [-0.2, -0.15) is 0 Å². The van der Waals surface area contributed by atoms with E-state index in [9.17, 15) is 4.39 Å². The zero-order chi connectivity index (χ0) is 9.97. The van der Waals surface area contributed by atoms with Gasteiger partial charge in [0.1, 0.15) is 5.82 Å². The molecule has 1 aliphatic carbocycles. The second-order valence-corrected chi connectivity index (χ2v) is 3.90. The minimum absolute atomic E-state index is 0.115. The van der Waals surface area contributed by atoms with E-state index >= 15 is 0 Å². The number of halogens is 1. The first kappa shape index (κ1) is 9.45. The topological polar surface area (TPSA) is 0 Å². The maximum atomic E-state index is 12.9. The summed E-state index contributed by atoms with van der Waals surface area (Å²) in [6, 6.07) is 5.10. The van der Waals surface area contributed by atoms with Crippen LogP contribution in [0.25, 0.3) is 6.08 Å². The zero-order valence-electron chi connectivity index (χ0n) is 8.52. The van der Waals surface area contributed by atoms with Gasteiger partial charge in [0.05, 0.1) is 0 Å². The number of fused-ring (bicyclic) bond motifs is 1. The second-order valence-electron chi connectivity index (χ2n) is 3.90. The number of benzene rings is 1. The molecule has 0 unspecified atom stereocenters. The van der Waals surface area contributed by atoms with Crippen molar-refractivity contribution in [1.29, 1.82) is 0 Å². The first-order valence-electron chi connectivity index (χ1n) is 5.27. The third kappa shape index (κ3) is 1.87. The first-order valence-corrected chi connectivity index (χ1v) is 5.27. The van der Waals surface area contributed by atoms with Crippen molar-refractivity contribution >= 4 is 6.08 Å². The van der Waals surface area contributed by atoms with Crippen molar-refractivity contribution in [3.8, 4) is 0 Å². The molecule has 0 aliphatic heterocycles. The fourth-order valence-corrected chi connectivity index (χ4v) is 2.04. The van der Waals surface area contributed by atoms with Crippen molar-refractivity contribution in [2.24, 2.45) is 0 Å². The Morgan fingerprint density at radius 3 is 2.93 bits per heavy atom. The lowest BCUT2D eigenvalue weighted by atomic mass is 9.90. The molecule has 0 aromatic heterocycles. The molecule has 0 atom stereocenters. The van der Waals surface area contributed by atoms with E-state index in [2.05, 4.69) is 13.0 Å². The lowest BCUT2D eigenvalue weighted by molar-refractivity contribution is 0.624. The smallest absolute Gasteiger partial charge is 0.123 e. The highest BCUT2D eigenvalue weighted by Crippen LogP contribution is 2.26. The second kappa shape index (κ2) is 3.95. The molecule has 0 saturated heterocycles. The van der Waals surface area contributed by atoms with Crippen LogP contribution in [0.1, 0.15) is 37.3 Å². The van der Waals surface area contributed by atoms with Crippen molar-refractivity contribution < 1.29 is 4.39 Å². The Morgan fingerprint density at radius 1 is 1.29 bits per heavy atom. The Kier molecular flexibility index (Phi) is 2.67. The highest BCUT2D eigenvalue weighted by molar-refractivity contribution is 5.59. The molecule has 0 radical (unpaired) electrons. The Balaban J connectivity index is 2.30. The number of allylic oxidation sites excluding steroid dienone is 1. The van der Waals surface area contributed by atoms with E-state index in [4.69, 9.17) is 0 Å². The summed E-state index contributed by atoms with van der Waals surface area (Å²) in [5, 5.41) is 0. The van der Waals surface area contributed by atoms with Crippen molar-refractivity contribution in [3.63, 3.8) is 0 Å². The minimum Gasteiger partial charge on any atom is -0.207 e. The number of hydrogen-bond acceptors (Lipinski definition) is 0. The molecule has 14 heavy (non-hydrogen) atoms. The molecule has 1 aromatic carbocycles. The van der Waals surface area contributed by atoms with Crippen molar-refractivity contribution in [1.82, 2.24) is 0 Å². The quantitative estimate of drug-likeness (QED) is 0.662. The van der Waals surface area contributed by atoms with E-state index in [-0.39, 0.29) is 5.82 Å². The summed E-state index contributed by atoms with van der Waals surface area (Å²) in [6.07, 6.45) is 6.70. The molecule has 1 aliphatic rings. The molecule has 1 aromatic rings. The molecule has 0 amide bonds. The van der Waals surface area contributed by atoms with Crippen LogP contribution in [0.4, 0.5) is 4.39 Å². The maximum Gasteiger partial charge on any atom is 0.123 e. The molecule has 74 valence electrons. The van der Waals surface area contributed by atoms with Gasteiger partial charge in [0, 0.05) is 0 Å². The van der Waals surface area contributed by atoms with Crippen molar-refractivity contribution in [3.05, 3.63) is 40.7 Å². The van der Waals surface area contributed by atoms with E-state index in [0.29, 0.717) is 0 Å². The number of hydrogen-bond donors (Lipinski definition) is 0.